The van der Waals surface area contributed by atoms with Gasteiger partial charge in [-0.3, -0.25) is 0 Å². The highest BCUT2D eigenvalue weighted by Gasteiger charge is 2.19. The Morgan fingerprint density at radius 2 is 1.48 bits per heavy atom. The summed E-state index contributed by atoms with van der Waals surface area (Å²) in [5.41, 5.74) is 3.27. The summed E-state index contributed by atoms with van der Waals surface area (Å²) in [4.78, 5) is 12.1. The first-order valence-electron chi connectivity index (χ1n) is 8.13. The van der Waals surface area contributed by atoms with E-state index in [4.69, 9.17) is 4.74 Å². The van der Waals surface area contributed by atoms with Crippen LogP contribution in [0.5, 0.6) is 0 Å². The van der Waals surface area contributed by atoms with Gasteiger partial charge in [0.1, 0.15) is 0 Å². The lowest BCUT2D eigenvalue weighted by atomic mass is 10.0. The van der Waals surface area contributed by atoms with Crippen molar-refractivity contribution in [2.24, 2.45) is 0 Å². The second kappa shape index (κ2) is 7.82. The maximum Gasteiger partial charge on any atom is 0.337 e. The molecule has 0 saturated heterocycles. The lowest BCUT2D eigenvalue weighted by molar-refractivity contribution is 0.0600. The number of carbonyl (C=O) groups excluding carboxylic acids is 1. The van der Waals surface area contributed by atoms with Gasteiger partial charge in [-0.05, 0) is 77.0 Å². The number of benzene rings is 3. The van der Waals surface area contributed by atoms with Crippen molar-refractivity contribution >= 4 is 38.4 Å². The van der Waals surface area contributed by atoms with Crippen molar-refractivity contribution in [3.8, 4) is 11.1 Å². The first-order chi connectivity index (χ1) is 12.8. The smallest absolute Gasteiger partial charge is 0.337 e. The fourth-order valence-electron chi connectivity index (χ4n) is 2.65. The van der Waals surface area contributed by atoms with E-state index in [1.165, 1.54) is 7.11 Å². The van der Waals surface area contributed by atoms with Crippen LogP contribution in [0, 0.1) is 10.5 Å². The minimum Gasteiger partial charge on any atom is -0.465 e. The van der Waals surface area contributed by atoms with Gasteiger partial charge in [-0.2, -0.15) is 0 Å². The van der Waals surface area contributed by atoms with Gasteiger partial charge in [0.2, 0.25) is 9.84 Å². The molecule has 0 heterocycles. The molecule has 0 unspecified atom stereocenters. The molecule has 0 saturated carbocycles. The predicted molar refractivity (Wildman–Crippen MR) is 113 cm³/mol. The largest absolute Gasteiger partial charge is 0.465 e. The van der Waals surface area contributed by atoms with Gasteiger partial charge >= 0.3 is 5.97 Å². The number of halogens is 1. The molecule has 0 amide bonds. The molecule has 0 aromatic heterocycles. The molecule has 0 aliphatic heterocycles. The molecule has 0 fully saturated rings. The Bertz CT molecular complexity index is 1090. The number of carbonyl (C=O) groups is 1. The highest BCUT2D eigenvalue weighted by atomic mass is 127. The normalized spacial score (nSPS) is 11.2. The lowest BCUT2D eigenvalue weighted by Gasteiger charge is -2.10. The van der Waals surface area contributed by atoms with E-state index in [0.717, 1.165) is 20.3 Å². The number of aryl methyl sites for hydroxylation is 1. The zero-order valence-corrected chi connectivity index (χ0v) is 17.7. The van der Waals surface area contributed by atoms with Gasteiger partial charge in [-0.15, -0.1) is 0 Å². The van der Waals surface area contributed by atoms with Gasteiger partial charge < -0.3 is 4.74 Å². The minimum atomic E-state index is -3.56. The molecule has 4 nitrogen and oxygen atoms in total. The molecule has 0 aliphatic rings. The summed E-state index contributed by atoms with van der Waals surface area (Å²) in [6.07, 6.45) is 0. The molecule has 0 aliphatic carbocycles. The van der Waals surface area contributed by atoms with E-state index < -0.39 is 15.8 Å². The van der Waals surface area contributed by atoms with Crippen LogP contribution in [0.4, 0.5) is 0 Å². The molecule has 0 atom stereocenters. The monoisotopic (exact) mass is 492 g/mol. The van der Waals surface area contributed by atoms with Gasteiger partial charge in [-0.25, -0.2) is 13.2 Å². The fraction of sp³-hybridized carbons (Fsp3) is 0.0952. The van der Waals surface area contributed by atoms with Gasteiger partial charge in [-0.1, -0.05) is 35.9 Å². The van der Waals surface area contributed by atoms with Crippen molar-refractivity contribution in [1.29, 1.82) is 0 Å². The topological polar surface area (TPSA) is 60.4 Å². The number of hydrogen-bond donors (Lipinski definition) is 0. The molecule has 3 rings (SSSR count). The fourth-order valence-corrected chi connectivity index (χ4v) is 4.98. The molecule has 138 valence electrons. The molecule has 3 aromatic carbocycles. The summed E-state index contributed by atoms with van der Waals surface area (Å²) in [6, 6.07) is 18.9. The van der Waals surface area contributed by atoms with Crippen LogP contribution in [0.1, 0.15) is 15.9 Å². The SMILES string of the molecule is COC(=O)c1ccc(-c2ccc(S(=O)(=O)c3ccc(C)cc3)cc2I)cc1. The lowest BCUT2D eigenvalue weighted by Crippen LogP contribution is -2.03. The molecule has 6 heteroatoms. The molecule has 0 radical (unpaired) electrons. The van der Waals surface area contributed by atoms with Gasteiger partial charge in [0, 0.05) is 3.57 Å². The minimum absolute atomic E-state index is 0.255. The highest BCUT2D eigenvalue weighted by molar-refractivity contribution is 14.1. The maximum atomic E-state index is 12.8. The summed E-state index contributed by atoms with van der Waals surface area (Å²) >= 11 is 2.13. The molecule has 27 heavy (non-hydrogen) atoms. The van der Waals surface area contributed by atoms with Crippen LogP contribution < -0.4 is 0 Å². The Morgan fingerprint density at radius 3 is 2.04 bits per heavy atom. The van der Waals surface area contributed by atoms with E-state index >= 15 is 0 Å². The van der Waals surface area contributed by atoms with Gasteiger partial charge in [0.05, 0.1) is 22.5 Å². The van der Waals surface area contributed by atoms with Crippen LogP contribution in [-0.2, 0) is 14.6 Å². The van der Waals surface area contributed by atoms with Crippen molar-refractivity contribution in [2.75, 3.05) is 7.11 Å². The number of hydrogen-bond acceptors (Lipinski definition) is 4. The van der Waals surface area contributed by atoms with E-state index in [2.05, 4.69) is 22.6 Å². The Balaban J connectivity index is 1.96. The number of rotatable bonds is 4. The third-order valence-corrected chi connectivity index (χ3v) is 6.86. The standard InChI is InChI=1S/C21H17IO4S/c1-14-3-9-17(10-4-14)27(24,25)18-11-12-19(20(22)13-18)15-5-7-16(8-6-15)21(23)26-2/h3-13H,1-2H3. The average molecular weight is 492 g/mol. The third kappa shape index (κ3) is 4.06. The van der Waals surface area contributed by atoms with E-state index in [-0.39, 0.29) is 9.79 Å². The van der Waals surface area contributed by atoms with Crippen LogP contribution in [0.15, 0.2) is 76.5 Å². The van der Waals surface area contributed by atoms with Crippen molar-refractivity contribution in [3.05, 3.63) is 81.4 Å². The molecule has 0 spiro atoms. The van der Waals surface area contributed by atoms with Crippen molar-refractivity contribution < 1.29 is 17.9 Å². The number of esters is 1. The van der Waals surface area contributed by atoms with Crippen molar-refractivity contribution in [3.63, 3.8) is 0 Å². The Kier molecular flexibility index (Phi) is 5.67. The number of ether oxygens (including phenoxy) is 1. The summed E-state index contributed by atoms with van der Waals surface area (Å²) < 4.78 is 31.2. The number of methoxy groups -OCH3 is 1. The zero-order valence-electron chi connectivity index (χ0n) is 14.8. The maximum absolute atomic E-state index is 12.8. The van der Waals surface area contributed by atoms with Crippen LogP contribution in [0.2, 0.25) is 0 Å². The quantitative estimate of drug-likeness (QED) is 0.385. The zero-order chi connectivity index (χ0) is 19.6. The third-order valence-electron chi connectivity index (χ3n) is 4.20. The van der Waals surface area contributed by atoms with E-state index in [0.29, 0.717) is 5.56 Å². The average Bonchev–Trinajstić information content (AvgIpc) is 2.68. The summed E-state index contributed by atoms with van der Waals surface area (Å²) in [5.74, 6) is -0.393. The van der Waals surface area contributed by atoms with E-state index in [9.17, 15) is 13.2 Å². The van der Waals surface area contributed by atoms with E-state index in [1.807, 2.05) is 19.1 Å². The second-order valence-corrected chi connectivity index (χ2v) is 9.14. The molecular weight excluding hydrogens is 475 g/mol. The Labute approximate surface area is 172 Å². The van der Waals surface area contributed by atoms with Crippen LogP contribution in [0.3, 0.4) is 0 Å². The Morgan fingerprint density at radius 1 is 0.889 bits per heavy atom. The predicted octanol–water partition coefficient (Wildman–Crippen LogP) is 4.89. The Hall–Kier alpha value is -2.19. The number of sulfone groups is 1. The molecule has 0 bridgehead atoms. The van der Waals surface area contributed by atoms with Crippen LogP contribution in [0.25, 0.3) is 11.1 Å². The molecule has 0 N–H and O–H groups in total. The van der Waals surface area contributed by atoms with Crippen LogP contribution >= 0.6 is 22.6 Å². The molecular formula is C21H17IO4S. The molecule has 3 aromatic rings. The van der Waals surface area contributed by atoms with E-state index in [1.54, 1.807) is 54.6 Å². The summed E-state index contributed by atoms with van der Waals surface area (Å²) in [5, 5.41) is 0. The van der Waals surface area contributed by atoms with Crippen molar-refractivity contribution in [1.82, 2.24) is 0 Å². The first kappa shape index (κ1) is 19.6. The summed E-state index contributed by atoms with van der Waals surface area (Å²) in [6.45, 7) is 1.92. The van der Waals surface area contributed by atoms with Gasteiger partial charge in [0.15, 0.2) is 0 Å². The van der Waals surface area contributed by atoms with Crippen LogP contribution in [-0.4, -0.2) is 21.5 Å². The first-order valence-corrected chi connectivity index (χ1v) is 10.7. The highest BCUT2D eigenvalue weighted by Crippen LogP contribution is 2.30. The summed E-state index contributed by atoms with van der Waals surface area (Å²) in [7, 11) is -2.22. The van der Waals surface area contributed by atoms with Crippen molar-refractivity contribution in [2.45, 2.75) is 16.7 Å². The van der Waals surface area contributed by atoms with Gasteiger partial charge in [0.25, 0.3) is 0 Å². The second-order valence-electron chi connectivity index (χ2n) is 6.03.